The maximum atomic E-state index is 13.9. The minimum Gasteiger partial charge on any atom is -0.381 e. The average Bonchev–Trinajstić information content (AvgIpc) is 3.48. The summed E-state index contributed by atoms with van der Waals surface area (Å²) in [4.78, 5) is 32.7. The van der Waals surface area contributed by atoms with Crippen molar-refractivity contribution in [1.29, 1.82) is 0 Å². The van der Waals surface area contributed by atoms with Crippen molar-refractivity contribution in [2.24, 2.45) is 0 Å². The number of alkyl halides is 3. The first-order valence-corrected chi connectivity index (χ1v) is 11.9. The van der Waals surface area contributed by atoms with E-state index in [-0.39, 0.29) is 22.2 Å². The highest BCUT2D eigenvalue weighted by atomic mass is 35.5. The summed E-state index contributed by atoms with van der Waals surface area (Å²) in [7, 11) is 1.45. The van der Waals surface area contributed by atoms with Crippen LogP contribution >= 0.6 is 11.6 Å². The van der Waals surface area contributed by atoms with Crippen molar-refractivity contribution in [3.8, 4) is 5.82 Å². The Morgan fingerprint density at radius 2 is 1.80 bits per heavy atom. The number of anilines is 3. The van der Waals surface area contributed by atoms with E-state index in [1.54, 1.807) is 6.92 Å². The fraction of sp³-hybridized carbons (Fsp3) is 0.304. The van der Waals surface area contributed by atoms with Crippen LogP contribution in [0, 0.1) is 0 Å². The third kappa shape index (κ3) is 6.13. The first kappa shape index (κ1) is 28.7. The molecule has 212 valence electrons. The standard InChI is InChI=1S/C23H23ClF3N9O4/c1-11(40-4)18-15(9-28-17-6-16(24)34-36(17)18)33-21(38)32-12-5-14(23(25,26)27)19(29-7-12)35-10-13(8-30-35)31-20(37)22(2,3)39/h5-11,39H,1-4H3,(H,31,37)(H2,32,33,38)/t11-/m0/s1. The van der Waals surface area contributed by atoms with Crippen LogP contribution in [0.1, 0.15) is 38.1 Å². The fourth-order valence-corrected chi connectivity index (χ4v) is 3.68. The summed E-state index contributed by atoms with van der Waals surface area (Å²) in [6, 6.07) is 1.31. The summed E-state index contributed by atoms with van der Waals surface area (Å²) in [6.07, 6.45) is -0.901. The molecule has 3 amide bonds. The first-order chi connectivity index (χ1) is 18.7. The number of pyridine rings is 1. The molecule has 40 heavy (non-hydrogen) atoms. The largest absolute Gasteiger partial charge is 0.420 e. The van der Waals surface area contributed by atoms with E-state index in [2.05, 4.69) is 36.1 Å². The highest BCUT2D eigenvalue weighted by Crippen LogP contribution is 2.35. The topological polar surface area (TPSA) is 161 Å². The van der Waals surface area contributed by atoms with Gasteiger partial charge < -0.3 is 25.8 Å². The number of halogens is 4. The molecule has 4 aromatic heterocycles. The lowest BCUT2D eigenvalue weighted by molar-refractivity contribution is -0.137. The van der Waals surface area contributed by atoms with Crippen LogP contribution in [0.15, 0.2) is 36.9 Å². The average molecular weight is 582 g/mol. The Bertz CT molecular complexity index is 1580. The second kappa shape index (κ2) is 10.7. The molecule has 13 nitrogen and oxygen atoms in total. The van der Waals surface area contributed by atoms with Crippen LogP contribution in [-0.2, 0) is 15.7 Å². The summed E-state index contributed by atoms with van der Waals surface area (Å²) in [5.74, 6) is -1.39. The van der Waals surface area contributed by atoms with E-state index in [1.807, 2.05) is 0 Å². The molecule has 0 aliphatic rings. The Balaban J connectivity index is 1.59. The van der Waals surface area contributed by atoms with Gasteiger partial charge in [0.15, 0.2) is 16.6 Å². The highest BCUT2D eigenvalue weighted by Gasteiger charge is 2.36. The summed E-state index contributed by atoms with van der Waals surface area (Å²) < 4.78 is 49.4. The van der Waals surface area contributed by atoms with Gasteiger partial charge in [-0.2, -0.15) is 23.4 Å². The van der Waals surface area contributed by atoms with Gasteiger partial charge >= 0.3 is 12.2 Å². The molecule has 1 atom stereocenters. The number of aliphatic hydroxyl groups is 1. The molecule has 4 heterocycles. The molecule has 0 radical (unpaired) electrons. The molecule has 0 aliphatic heterocycles. The van der Waals surface area contributed by atoms with Crippen molar-refractivity contribution in [1.82, 2.24) is 29.4 Å². The van der Waals surface area contributed by atoms with E-state index >= 15 is 0 Å². The molecule has 4 N–H and O–H groups in total. The Morgan fingerprint density at radius 3 is 2.45 bits per heavy atom. The van der Waals surface area contributed by atoms with Gasteiger partial charge in [0.25, 0.3) is 5.91 Å². The molecule has 0 bridgehead atoms. The van der Waals surface area contributed by atoms with Gasteiger partial charge in [0.1, 0.15) is 11.2 Å². The van der Waals surface area contributed by atoms with Crippen molar-refractivity contribution in [3.05, 3.63) is 53.3 Å². The normalized spacial score (nSPS) is 12.8. The number of hydrogen-bond donors (Lipinski definition) is 4. The van der Waals surface area contributed by atoms with Crippen molar-refractivity contribution < 1.29 is 32.6 Å². The number of aromatic nitrogens is 6. The number of nitrogens with one attached hydrogen (secondary N) is 3. The number of urea groups is 1. The van der Waals surface area contributed by atoms with Crippen LogP contribution in [0.2, 0.25) is 5.15 Å². The maximum Gasteiger partial charge on any atom is 0.420 e. The van der Waals surface area contributed by atoms with Gasteiger partial charge in [0, 0.05) is 13.2 Å². The lowest BCUT2D eigenvalue weighted by Crippen LogP contribution is -2.36. The SMILES string of the molecule is CO[C@@H](C)c1c(NC(=O)Nc2cnc(-n3cc(NC(=O)C(C)(C)O)cn3)c(C(F)(F)F)c2)cnc2cc(Cl)nn12. The van der Waals surface area contributed by atoms with E-state index < -0.39 is 41.2 Å². The van der Waals surface area contributed by atoms with E-state index in [9.17, 15) is 27.9 Å². The molecule has 0 unspecified atom stereocenters. The highest BCUT2D eigenvalue weighted by molar-refractivity contribution is 6.29. The third-order valence-electron chi connectivity index (χ3n) is 5.52. The number of carbonyl (C=O) groups excluding carboxylic acids is 2. The quantitative estimate of drug-likeness (QED) is 0.254. The number of hydrogen-bond acceptors (Lipinski definition) is 8. The molecule has 0 spiro atoms. The predicted molar refractivity (Wildman–Crippen MR) is 137 cm³/mol. The lowest BCUT2D eigenvalue weighted by atomic mass is 10.1. The number of ether oxygens (including phenoxy) is 1. The molecular weight excluding hydrogens is 559 g/mol. The van der Waals surface area contributed by atoms with Crippen molar-refractivity contribution in [2.45, 2.75) is 38.7 Å². The molecule has 0 saturated carbocycles. The van der Waals surface area contributed by atoms with Crippen molar-refractivity contribution in [2.75, 3.05) is 23.1 Å². The second-order valence-electron chi connectivity index (χ2n) is 9.03. The van der Waals surface area contributed by atoms with Crippen LogP contribution in [0.5, 0.6) is 0 Å². The molecule has 0 aromatic carbocycles. The van der Waals surface area contributed by atoms with Gasteiger partial charge in [-0.1, -0.05) is 11.6 Å². The van der Waals surface area contributed by atoms with Crippen LogP contribution in [-0.4, -0.2) is 59.1 Å². The molecule has 0 fully saturated rings. The van der Waals surface area contributed by atoms with Gasteiger partial charge in [-0.15, -0.1) is 0 Å². The predicted octanol–water partition coefficient (Wildman–Crippen LogP) is 4.04. The van der Waals surface area contributed by atoms with E-state index in [0.717, 1.165) is 23.3 Å². The van der Waals surface area contributed by atoms with Crippen LogP contribution in [0.4, 0.5) is 35.0 Å². The van der Waals surface area contributed by atoms with Gasteiger partial charge in [0.05, 0.1) is 53.6 Å². The van der Waals surface area contributed by atoms with Gasteiger partial charge in [-0.05, 0) is 26.8 Å². The Hall–Kier alpha value is -4.28. The fourth-order valence-electron chi connectivity index (χ4n) is 3.51. The van der Waals surface area contributed by atoms with Gasteiger partial charge in [0.2, 0.25) is 0 Å². The Kier molecular flexibility index (Phi) is 7.69. The molecule has 0 saturated heterocycles. The van der Waals surface area contributed by atoms with Crippen LogP contribution < -0.4 is 16.0 Å². The van der Waals surface area contributed by atoms with Gasteiger partial charge in [-0.3, -0.25) is 4.79 Å². The smallest absolute Gasteiger partial charge is 0.381 e. The monoisotopic (exact) mass is 581 g/mol. The molecule has 4 aromatic rings. The summed E-state index contributed by atoms with van der Waals surface area (Å²) >= 11 is 5.97. The van der Waals surface area contributed by atoms with Crippen LogP contribution in [0.25, 0.3) is 11.5 Å². The number of methoxy groups -OCH3 is 1. The summed E-state index contributed by atoms with van der Waals surface area (Å²) in [6.45, 7) is 4.19. The number of carbonyl (C=O) groups is 2. The van der Waals surface area contributed by atoms with E-state index in [1.165, 1.54) is 37.7 Å². The van der Waals surface area contributed by atoms with E-state index in [4.69, 9.17) is 16.3 Å². The molecule has 4 rings (SSSR count). The number of fused-ring (bicyclic) bond motifs is 1. The zero-order chi connectivity index (χ0) is 29.4. The van der Waals surface area contributed by atoms with Crippen LogP contribution in [0.3, 0.4) is 0 Å². The second-order valence-corrected chi connectivity index (χ2v) is 9.42. The third-order valence-corrected chi connectivity index (χ3v) is 5.71. The Labute approximate surface area is 229 Å². The maximum absolute atomic E-state index is 13.9. The molecular formula is C23H23ClF3N9O4. The molecule has 17 heteroatoms. The minimum atomic E-state index is -4.88. The lowest BCUT2D eigenvalue weighted by Gasteiger charge is -2.17. The molecule has 0 aliphatic carbocycles. The number of amides is 3. The minimum absolute atomic E-state index is 0.0359. The van der Waals surface area contributed by atoms with Gasteiger partial charge in [-0.25, -0.2) is 24.0 Å². The van der Waals surface area contributed by atoms with Crippen molar-refractivity contribution in [3.63, 3.8) is 0 Å². The Morgan fingerprint density at radius 1 is 1.07 bits per heavy atom. The zero-order valence-corrected chi connectivity index (χ0v) is 22.2. The zero-order valence-electron chi connectivity index (χ0n) is 21.4. The number of rotatable bonds is 7. The summed E-state index contributed by atoms with van der Waals surface area (Å²) in [5, 5.41) is 25.1. The summed E-state index contributed by atoms with van der Waals surface area (Å²) in [5.41, 5.74) is -2.20. The first-order valence-electron chi connectivity index (χ1n) is 11.5. The van der Waals surface area contributed by atoms with Crippen molar-refractivity contribution >= 4 is 46.2 Å². The number of nitrogens with zero attached hydrogens (tertiary/aromatic N) is 6. The van der Waals surface area contributed by atoms with E-state index in [0.29, 0.717) is 17.4 Å².